The van der Waals surface area contributed by atoms with Crippen LogP contribution in [-0.4, -0.2) is 37.3 Å². The second kappa shape index (κ2) is 6.98. The fourth-order valence-electron chi connectivity index (χ4n) is 1.70. The van der Waals surface area contributed by atoms with Crippen LogP contribution >= 0.6 is 0 Å². The zero-order valence-corrected chi connectivity index (χ0v) is 10.8. The molecule has 0 radical (unpaired) electrons. The van der Waals surface area contributed by atoms with Crippen LogP contribution in [0.5, 0.6) is 5.75 Å². The molecule has 5 heteroatoms. The van der Waals surface area contributed by atoms with Gasteiger partial charge in [-0.1, -0.05) is 6.07 Å². The minimum Gasteiger partial charge on any atom is -0.507 e. The number of rotatable bonds is 6. The van der Waals surface area contributed by atoms with Crippen molar-refractivity contribution in [2.75, 3.05) is 20.3 Å². The van der Waals surface area contributed by atoms with Crippen LogP contribution in [0, 0.1) is 6.92 Å². The Morgan fingerprint density at radius 2 is 2.28 bits per heavy atom. The molecule has 100 valence electrons. The SMILES string of the molecule is COCC(CCN)NC(=O)c1ccc(C)cc1O. The Morgan fingerprint density at radius 3 is 2.83 bits per heavy atom. The third kappa shape index (κ3) is 4.01. The number of hydrogen-bond acceptors (Lipinski definition) is 4. The highest BCUT2D eigenvalue weighted by atomic mass is 16.5. The number of nitrogens with two attached hydrogens (primary N) is 1. The van der Waals surface area contributed by atoms with Gasteiger partial charge in [-0.25, -0.2) is 0 Å². The predicted octanol–water partition coefficient (Wildman–Crippen LogP) is 0.794. The van der Waals surface area contributed by atoms with Crippen LogP contribution in [0.25, 0.3) is 0 Å². The van der Waals surface area contributed by atoms with Crippen LogP contribution in [0.2, 0.25) is 0 Å². The highest BCUT2D eigenvalue weighted by molar-refractivity contribution is 5.97. The average molecular weight is 252 g/mol. The summed E-state index contributed by atoms with van der Waals surface area (Å²) in [6, 6.07) is 4.80. The van der Waals surface area contributed by atoms with Crippen LogP contribution < -0.4 is 11.1 Å². The van der Waals surface area contributed by atoms with Gasteiger partial charge in [0.2, 0.25) is 0 Å². The molecule has 1 atom stereocenters. The van der Waals surface area contributed by atoms with Gasteiger partial charge in [-0.2, -0.15) is 0 Å². The third-order valence-electron chi connectivity index (χ3n) is 2.62. The van der Waals surface area contributed by atoms with Gasteiger partial charge >= 0.3 is 0 Å². The van der Waals surface area contributed by atoms with Crippen LogP contribution in [0.1, 0.15) is 22.3 Å². The maximum atomic E-state index is 12.0. The smallest absolute Gasteiger partial charge is 0.255 e. The number of phenols is 1. The molecule has 4 N–H and O–H groups in total. The second-order valence-electron chi connectivity index (χ2n) is 4.22. The summed E-state index contributed by atoms with van der Waals surface area (Å²) >= 11 is 0. The molecule has 18 heavy (non-hydrogen) atoms. The number of methoxy groups -OCH3 is 1. The standard InChI is InChI=1S/C13H20N2O3/c1-9-3-4-11(12(16)7-9)13(17)15-10(5-6-14)8-18-2/h3-4,7,10,16H,5-6,8,14H2,1-2H3,(H,15,17). The summed E-state index contributed by atoms with van der Waals surface area (Å²) in [6.45, 7) is 2.72. The summed E-state index contributed by atoms with van der Waals surface area (Å²) in [6.07, 6.45) is 0.631. The lowest BCUT2D eigenvalue weighted by molar-refractivity contribution is 0.0891. The number of hydrogen-bond donors (Lipinski definition) is 3. The van der Waals surface area contributed by atoms with E-state index < -0.39 is 0 Å². The molecule has 0 spiro atoms. The third-order valence-corrected chi connectivity index (χ3v) is 2.62. The van der Waals surface area contributed by atoms with Crippen molar-refractivity contribution < 1.29 is 14.6 Å². The highest BCUT2D eigenvalue weighted by Gasteiger charge is 2.15. The number of phenolic OH excluding ortho intramolecular Hbond substituents is 1. The minimum absolute atomic E-state index is 0.0172. The van der Waals surface area contributed by atoms with Gasteiger partial charge in [0.1, 0.15) is 5.75 Å². The normalized spacial score (nSPS) is 12.2. The van der Waals surface area contributed by atoms with Crippen molar-refractivity contribution >= 4 is 5.91 Å². The number of carbonyl (C=O) groups is 1. The summed E-state index contributed by atoms with van der Waals surface area (Å²) < 4.78 is 5.01. The molecule has 0 aliphatic heterocycles. The van der Waals surface area contributed by atoms with Crippen molar-refractivity contribution in [1.29, 1.82) is 0 Å². The first-order chi connectivity index (χ1) is 8.58. The first-order valence-corrected chi connectivity index (χ1v) is 5.88. The zero-order chi connectivity index (χ0) is 13.5. The summed E-state index contributed by atoms with van der Waals surface area (Å²) in [7, 11) is 1.57. The van der Waals surface area contributed by atoms with Crippen molar-refractivity contribution in [2.45, 2.75) is 19.4 Å². The molecule has 0 aliphatic carbocycles. The van der Waals surface area contributed by atoms with Crippen LogP contribution in [0.3, 0.4) is 0 Å². The quantitative estimate of drug-likeness (QED) is 0.699. The Bertz CT molecular complexity index is 401. The number of benzene rings is 1. The molecule has 0 fully saturated rings. The molecule has 0 saturated heterocycles. The largest absolute Gasteiger partial charge is 0.507 e. The van der Waals surface area contributed by atoms with Crippen molar-refractivity contribution in [3.8, 4) is 5.75 Å². The summed E-state index contributed by atoms with van der Waals surface area (Å²) in [4.78, 5) is 12.0. The van der Waals surface area contributed by atoms with E-state index in [-0.39, 0.29) is 23.3 Å². The first kappa shape index (κ1) is 14.5. The molecule has 1 unspecified atom stereocenters. The maximum absolute atomic E-state index is 12.0. The van der Waals surface area contributed by atoms with Gasteiger partial charge < -0.3 is 20.9 Å². The Labute approximate surface area is 107 Å². The van der Waals surface area contributed by atoms with Crippen molar-refractivity contribution in [2.24, 2.45) is 5.73 Å². The van der Waals surface area contributed by atoms with Gasteiger partial charge in [0.15, 0.2) is 0 Å². The van der Waals surface area contributed by atoms with Crippen molar-refractivity contribution in [3.05, 3.63) is 29.3 Å². The zero-order valence-electron chi connectivity index (χ0n) is 10.8. The van der Waals surface area contributed by atoms with E-state index in [2.05, 4.69) is 5.32 Å². The Hall–Kier alpha value is -1.59. The second-order valence-corrected chi connectivity index (χ2v) is 4.22. The molecule has 1 aromatic rings. The fraction of sp³-hybridized carbons (Fsp3) is 0.462. The molecular weight excluding hydrogens is 232 g/mol. The van der Waals surface area contributed by atoms with Gasteiger partial charge in [0.25, 0.3) is 5.91 Å². The number of carbonyl (C=O) groups excluding carboxylic acids is 1. The monoisotopic (exact) mass is 252 g/mol. The minimum atomic E-state index is -0.317. The van der Waals surface area contributed by atoms with Crippen molar-refractivity contribution in [1.82, 2.24) is 5.32 Å². The van der Waals surface area contributed by atoms with Gasteiger partial charge in [0.05, 0.1) is 18.2 Å². The van der Waals surface area contributed by atoms with E-state index in [1.807, 2.05) is 6.92 Å². The summed E-state index contributed by atoms with van der Waals surface area (Å²) in [5.41, 5.74) is 6.63. The molecular formula is C13H20N2O3. The van der Waals surface area contributed by atoms with E-state index in [0.717, 1.165) is 5.56 Å². The lowest BCUT2D eigenvalue weighted by Crippen LogP contribution is -2.39. The molecule has 1 amide bonds. The highest BCUT2D eigenvalue weighted by Crippen LogP contribution is 2.18. The van der Waals surface area contributed by atoms with Crippen LogP contribution in [-0.2, 0) is 4.74 Å². The first-order valence-electron chi connectivity index (χ1n) is 5.88. The van der Waals surface area contributed by atoms with Crippen LogP contribution in [0.4, 0.5) is 0 Å². The Morgan fingerprint density at radius 1 is 1.56 bits per heavy atom. The number of amides is 1. The van der Waals surface area contributed by atoms with E-state index >= 15 is 0 Å². The van der Waals surface area contributed by atoms with Crippen LogP contribution in [0.15, 0.2) is 18.2 Å². The summed E-state index contributed by atoms with van der Waals surface area (Å²) in [5.74, 6) is -0.334. The Kier molecular flexibility index (Phi) is 5.61. The van der Waals surface area contributed by atoms with Gasteiger partial charge in [0, 0.05) is 7.11 Å². The van der Waals surface area contributed by atoms with Gasteiger partial charge in [-0.05, 0) is 37.6 Å². The van der Waals surface area contributed by atoms with E-state index in [4.69, 9.17) is 10.5 Å². The lowest BCUT2D eigenvalue weighted by atomic mass is 10.1. The summed E-state index contributed by atoms with van der Waals surface area (Å²) in [5, 5.41) is 12.5. The number of aryl methyl sites for hydroxylation is 1. The molecule has 0 saturated carbocycles. The Balaban J connectivity index is 2.73. The number of nitrogens with one attached hydrogen (secondary N) is 1. The van der Waals surface area contributed by atoms with E-state index in [1.54, 1.807) is 25.3 Å². The van der Waals surface area contributed by atoms with Crippen molar-refractivity contribution in [3.63, 3.8) is 0 Å². The molecule has 1 aromatic carbocycles. The molecule has 5 nitrogen and oxygen atoms in total. The van der Waals surface area contributed by atoms with E-state index in [9.17, 15) is 9.90 Å². The van der Waals surface area contributed by atoms with Gasteiger partial charge in [-0.15, -0.1) is 0 Å². The maximum Gasteiger partial charge on any atom is 0.255 e. The topological polar surface area (TPSA) is 84.6 Å². The van der Waals surface area contributed by atoms with Gasteiger partial charge in [-0.3, -0.25) is 4.79 Å². The fourth-order valence-corrected chi connectivity index (χ4v) is 1.70. The molecule has 0 heterocycles. The predicted molar refractivity (Wildman–Crippen MR) is 69.6 cm³/mol. The van der Waals surface area contributed by atoms with E-state index in [1.165, 1.54) is 0 Å². The number of aromatic hydroxyl groups is 1. The molecule has 0 aromatic heterocycles. The number of ether oxygens (including phenoxy) is 1. The molecule has 0 bridgehead atoms. The lowest BCUT2D eigenvalue weighted by Gasteiger charge is -2.17. The molecule has 0 aliphatic rings. The average Bonchev–Trinajstić information content (AvgIpc) is 2.29. The molecule has 1 rings (SSSR count). The van der Waals surface area contributed by atoms with E-state index in [0.29, 0.717) is 19.6 Å².